The Bertz CT molecular complexity index is 582. The molecule has 1 aromatic carbocycles. The molecule has 0 aliphatic carbocycles. The minimum absolute atomic E-state index is 0.200. The van der Waals surface area contributed by atoms with Gasteiger partial charge < -0.3 is 5.11 Å². The van der Waals surface area contributed by atoms with Crippen LogP contribution in [0.15, 0.2) is 22.7 Å². The second-order valence-electron chi connectivity index (χ2n) is 3.73. The molecule has 18 heavy (non-hydrogen) atoms. The summed E-state index contributed by atoms with van der Waals surface area (Å²) in [4.78, 5) is 11.0. The van der Waals surface area contributed by atoms with Crippen LogP contribution in [0.4, 0.5) is 0 Å². The third-order valence-corrected chi connectivity index (χ3v) is 3.10. The summed E-state index contributed by atoms with van der Waals surface area (Å²) < 4.78 is 2.30. The number of aromatic nitrogens is 4. The molecule has 0 fully saturated rings. The summed E-state index contributed by atoms with van der Waals surface area (Å²) in [5, 5.41) is 20.5. The number of halogens is 1. The molecule has 0 unspecified atom stereocenters. The highest BCUT2D eigenvalue weighted by Crippen LogP contribution is 2.22. The number of carboxylic acid groups (broad SMARTS) is 1. The van der Waals surface area contributed by atoms with Crippen molar-refractivity contribution in [2.24, 2.45) is 0 Å². The topological polar surface area (TPSA) is 80.9 Å². The summed E-state index contributed by atoms with van der Waals surface area (Å²) in [6, 6.07) is 4.75. The maximum atomic E-state index is 11.0. The third-order valence-electron chi connectivity index (χ3n) is 2.43. The Kier molecular flexibility index (Phi) is 3.71. The van der Waals surface area contributed by atoms with Crippen LogP contribution in [-0.2, 0) is 6.42 Å². The number of carbonyl (C=O) groups is 1. The van der Waals surface area contributed by atoms with E-state index in [0.29, 0.717) is 11.5 Å². The molecule has 7 heteroatoms. The van der Waals surface area contributed by atoms with Crippen LogP contribution < -0.4 is 0 Å². The predicted molar refractivity (Wildman–Crippen MR) is 67.8 cm³/mol. The molecule has 1 aromatic heterocycles. The molecule has 1 heterocycles. The maximum absolute atomic E-state index is 11.0. The highest BCUT2D eigenvalue weighted by molar-refractivity contribution is 9.10. The molecule has 94 valence electrons. The first kappa shape index (κ1) is 12.7. The van der Waals surface area contributed by atoms with E-state index in [2.05, 4.69) is 31.5 Å². The van der Waals surface area contributed by atoms with Gasteiger partial charge in [-0.2, -0.15) is 4.68 Å². The number of aromatic carboxylic acids is 1. The van der Waals surface area contributed by atoms with E-state index in [1.165, 1.54) is 6.07 Å². The van der Waals surface area contributed by atoms with Gasteiger partial charge in [0.25, 0.3) is 0 Å². The fourth-order valence-corrected chi connectivity index (χ4v) is 1.99. The van der Waals surface area contributed by atoms with Crippen molar-refractivity contribution in [1.29, 1.82) is 0 Å². The molecule has 0 saturated heterocycles. The van der Waals surface area contributed by atoms with Crippen LogP contribution in [0.2, 0.25) is 0 Å². The monoisotopic (exact) mass is 310 g/mol. The highest BCUT2D eigenvalue weighted by atomic mass is 79.9. The standard InChI is InChI=1S/C11H11BrN4O2/c1-2-3-10-13-14-15-16(10)9-6-7(11(17)18)4-5-8(9)12/h4-6H,2-3H2,1H3,(H,17,18). The van der Waals surface area contributed by atoms with Gasteiger partial charge in [-0.15, -0.1) is 5.10 Å². The average molecular weight is 311 g/mol. The number of carboxylic acids is 1. The molecule has 1 N–H and O–H groups in total. The fraction of sp³-hybridized carbons (Fsp3) is 0.273. The summed E-state index contributed by atoms with van der Waals surface area (Å²) in [5.41, 5.74) is 0.828. The van der Waals surface area contributed by atoms with Crippen molar-refractivity contribution in [1.82, 2.24) is 20.2 Å². The first-order valence-electron chi connectivity index (χ1n) is 5.44. The zero-order chi connectivity index (χ0) is 13.1. The first-order valence-corrected chi connectivity index (χ1v) is 6.23. The number of aryl methyl sites for hydroxylation is 1. The molecule has 2 rings (SSSR count). The van der Waals surface area contributed by atoms with Gasteiger partial charge in [-0.05, 0) is 51.0 Å². The molecule has 0 bridgehead atoms. The molecule has 2 aromatic rings. The predicted octanol–water partition coefficient (Wildman–Crippen LogP) is 2.08. The minimum atomic E-state index is -0.978. The van der Waals surface area contributed by atoms with Crippen LogP contribution in [0.1, 0.15) is 29.5 Å². The van der Waals surface area contributed by atoms with Crippen LogP contribution in [-0.4, -0.2) is 31.3 Å². The summed E-state index contributed by atoms with van der Waals surface area (Å²) >= 11 is 3.38. The summed E-state index contributed by atoms with van der Waals surface area (Å²) in [5.74, 6) is -0.269. The van der Waals surface area contributed by atoms with Gasteiger partial charge in [0.2, 0.25) is 0 Å². The number of hydrogen-bond donors (Lipinski definition) is 1. The van der Waals surface area contributed by atoms with Crippen molar-refractivity contribution in [3.63, 3.8) is 0 Å². The lowest BCUT2D eigenvalue weighted by Crippen LogP contribution is -2.06. The van der Waals surface area contributed by atoms with Gasteiger partial charge in [-0.25, -0.2) is 4.79 Å². The number of hydrogen-bond acceptors (Lipinski definition) is 4. The Morgan fingerprint density at radius 2 is 2.28 bits per heavy atom. The van der Waals surface area contributed by atoms with E-state index in [0.717, 1.165) is 17.3 Å². The fourth-order valence-electron chi connectivity index (χ4n) is 1.58. The lowest BCUT2D eigenvalue weighted by molar-refractivity contribution is 0.0697. The Morgan fingerprint density at radius 3 is 2.94 bits per heavy atom. The zero-order valence-corrected chi connectivity index (χ0v) is 11.3. The average Bonchev–Trinajstić information content (AvgIpc) is 2.78. The van der Waals surface area contributed by atoms with Gasteiger partial charge in [0.05, 0.1) is 11.3 Å². The summed E-state index contributed by atoms with van der Waals surface area (Å²) in [6.07, 6.45) is 1.65. The summed E-state index contributed by atoms with van der Waals surface area (Å²) in [6.45, 7) is 2.03. The van der Waals surface area contributed by atoms with E-state index >= 15 is 0 Å². The number of benzene rings is 1. The molecule has 0 radical (unpaired) electrons. The lowest BCUT2D eigenvalue weighted by Gasteiger charge is -2.07. The van der Waals surface area contributed by atoms with Crippen LogP contribution in [0.5, 0.6) is 0 Å². The Morgan fingerprint density at radius 1 is 1.50 bits per heavy atom. The van der Waals surface area contributed by atoms with E-state index in [1.54, 1.807) is 16.8 Å². The van der Waals surface area contributed by atoms with Crippen molar-refractivity contribution in [2.75, 3.05) is 0 Å². The normalized spacial score (nSPS) is 10.6. The van der Waals surface area contributed by atoms with Gasteiger partial charge in [-0.3, -0.25) is 0 Å². The summed E-state index contributed by atoms with van der Waals surface area (Å²) in [7, 11) is 0. The molecule has 0 spiro atoms. The Labute approximate surface area is 112 Å². The van der Waals surface area contributed by atoms with Gasteiger partial charge in [0.15, 0.2) is 5.82 Å². The van der Waals surface area contributed by atoms with Crippen molar-refractivity contribution >= 4 is 21.9 Å². The quantitative estimate of drug-likeness (QED) is 0.935. The van der Waals surface area contributed by atoms with E-state index in [9.17, 15) is 4.79 Å². The van der Waals surface area contributed by atoms with Crippen LogP contribution >= 0.6 is 15.9 Å². The smallest absolute Gasteiger partial charge is 0.335 e. The number of tetrazole rings is 1. The minimum Gasteiger partial charge on any atom is -0.478 e. The van der Waals surface area contributed by atoms with E-state index < -0.39 is 5.97 Å². The molecule has 0 aliphatic heterocycles. The molecule has 0 amide bonds. The zero-order valence-electron chi connectivity index (χ0n) is 9.67. The molecule has 0 aliphatic rings. The van der Waals surface area contributed by atoms with Gasteiger partial charge >= 0.3 is 5.97 Å². The van der Waals surface area contributed by atoms with Gasteiger partial charge in [0, 0.05) is 10.9 Å². The third kappa shape index (κ3) is 2.40. The molecular formula is C11H11BrN4O2. The van der Waals surface area contributed by atoms with Crippen LogP contribution in [0.3, 0.4) is 0 Å². The second kappa shape index (κ2) is 5.26. The van der Waals surface area contributed by atoms with Crippen molar-refractivity contribution in [2.45, 2.75) is 19.8 Å². The highest BCUT2D eigenvalue weighted by Gasteiger charge is 2.13. The molecule has 0 atom stereocenters. The van der Waals surface area contributed by atoms with Crippen molar-refractivity contribution < 1.29 is 9.90 Å². The van der Waals surface area contributed by atoms with Gasteiger partial charge in [-0.1, -0.05) is 6.92 Å². The molecule has 6 nitrogen and oxygen atoms in total. The first-order chi connectivity index (χ1) is 8.63. The van der Waals surface area contributed by atoms with E-state index in [1.807, 2.05) is 6.92 Å². The van der Waals surface area contributed by atoms with E-state index in [4.69, 9.17) is 5.11 Å². The van der Waals surface area contributed by atoms with Gasteiger partial charge in [0.1, 0.15) is 0 Å². The lowest BCUT2D eigenvalue weighted by atomic mass is 10.2. The maximum Gasteiger partial charge on any atom is 0.335 e. The van der Waals surface area contributed by atoms with Crippen LogP contribution in [0, 0.1) is 0 Å². The second-order valence-corrected chi connectivity index (χ2v) is 4.58. The molecular weight excluding hydrogens is 300 g/mol. The number of rotatable bonds is 4. The van der Waals surface area contributed by atoms with Crippen molar-refractivity contribution in [3.8, 4) is 5.69 Å². The van der Waals surface area contributed by atoms with Crippen molar-refractivity contribution in [3.05, 3.63) is 34.1 Å². The Balaban J connectivity index is 2.52. The number of nitrogens with zero attached hydrogens (tertiary/aromatic N) is 4. The largest absolute Gasteiger partial charge is 0.478 e. The SMILES string of the molecule is CCCc1nnnn1-c1cc(C(=O)O)ccc1Br. The van der Waals surface area contributed by atoms with Crippen LogP contribution in [0.25, 0.3) is 5.69 Å². The Hall–Kier alpha value is -1.76. The van der Waals surface area contributed by atoms with E-state index in [-0.39, 0.29) is 5.56 Å². The molecule has 0 saturated carbocycles.